The second kappa shape index (κ2) is 24.5. The number of cyclic esters (lactones) is 1. The molecular weight excluding hydrogens is 727 g/mol. The van der Waals surface area contributed by atoms with Gasteiger partial charge in [-0.15, -0.1) is 0 Å². The van der Waals surface area contributed by atoms with Crippen LogP contribution in [0.2, 0.25) is 0 Å². The second-order valence-corrected chi connectivity index (χ2v) is 17.9. The average Bonchev–Trinajstić information content (AvgIpc) is 3.79. The van der Waals surface area contributed by atoms with Crippen LogP contribution in [0.3, 0.4) is 0 Å². The Labute approximate surface area is 344 Å². The summed E-state index contributed by atoms with van der Waals surface area (Å²) in [6, 6.07) is -0.632. The number of likely N-dealkylation sites (N-methyl/N-ethyl adjacent to an activating group) is 1. The zero-order valence-corrected chi connectivity index (χ0v) is 36.4. The van der Waals surface area contributed by atoms with E-state index in [1.807, 2.05) is 33.8 Å². The van der Waals surface area contributed by atoms with Gasteiger partial charge in [0.25, 0.3) is 0 Å². The summed E-state index contributed by atoms with van der Waals surface area (Å²) in [6.07, 6.45) is 11.0. The molecule has 328 valence electrons. The summed E-state index contributed by atoms with van der Waals surface area (Å²) in [5, 5.41) is 34.2. The lowest BCUT2D eigenvalue weighted by atomic mass is 9.79. The average molecular weight is 806 g/mol. The van der Waals surface area contributed by atoms with Crippen LogP contribution in [0.4, 0.5) is 0 Å². The van der Waals surface area contributed by atoms with Crippen molar-refractivity contribution in [1.82, 2.24) is 14.7 Å². The predicted molar refractivity (Wildman–Crippen MR) is 223 cm³/mol. The van der Waals surface area contributed by atoms with E-state index in [4.69, 9.17) is 18.9 Å². The first-order valence-corrected chi connectivity index (χ1v) is 22.4. The fourth-order valence-electron chi connectivity index (χ4n) is 9.34. The first-order chi connectivity index (χ1) is 27.3. The molecule has 4 saturated heterocycles. The maximum Gasteiger partial charge on any atom is 0.308 e. The van der Waals surface area contributed by atoms with Crippen molar-refractivity contribution >= 4 is 11.8 Å². The maximum atomic E-state index is 13.8. The van der Waals surface area contributed by atoms with E-state index in [1.165, 1.54) is 25.7 Å². The summed E-state index contributed by atoms with van der Waals surface area (Å²) in [6.45, 7) is 17.3. The SMILES string of the molecule is C1CCOC1.CCC1OC(=O)CC(O)C(C)C(O[C@@H]2O[C@@H](C)[C@@H](O)[C@H](N(C)C)[C@@H]2O)C(CCN2CCCCC2)CC(C)C(=O)/C=C/C(C)=C/C1CN1CCCCC1. The number of aliphatic hydroxyl groups excluding tert-OH is 3. The van der Waals surface area contributed by atoms with Crippen molar-refractivity contribution in [3.05, 3.63) is 23.8 Å². The monoisotopic (exact) mass is 806 g/mol. The number of aliphatic hydroxyl groups is 3. The quantitative estimate of drug-likeness (QED) is 0.271. The first-order valence-electron chi connectivity index (χ1n) is 22.4. The number of carbonyl (C=O) groups excluding carboxylic acids is 2. The van der Waals surface area contributed by atoms with Crippen LogP contribution in [-0.2, 0) is 28.5 Å². The van der Waals surface area contributed by atoms with Crippen LogP contribution in [0.1, 0.15) is 112 Å². The summed E-state index contributed by atoms with van der Waals surface area (Å²) in [7, 11) is 3.60. The Morgan fingerprint density at radius 2 is 1.49 bits per heavy atom. The van der Waals surface area contributed by atoms with Gasteiger partial charge in [0.2, 0.25) is 0 Å². The van der Waals surface area contributed by atoms with Crippen molar-refractivity contribution in [2.24, 2.45) is 23.7 Å². The van der Waals surface area contributed by atoms with Gasteiger partial charge in [-0.2, -0.15) is 0 Å². The molecule has 4 fully saturated rings. The van der Waals surface area contributed by atoms with Crippen LogP contribution in [0.5, 0.6) is 0 Å². The lowest BCUT2D eigenvalue weighted by Crippen LogP contribution is -2.63. The lowest BCUT2D eigenvalue weighted by molar-refractivity contribution is -0.304. The molecule has 0 aliphatic carbocycles. The molecule has 0 amide bonds. The molecule has 3 N–H and O–H groups in total. The minimum Gasteiger partial charge on any atom is -0.462 e. The molecule has 12 atom stereocenters. The molecule has 5 heterocycles. The van der Waals surface area contributed by atoms with Gasteiger partial charge in [-0.3, -0.25) is 9.59 Å². The van der Waals surface area contributed by atoms with Gasteiger partial charge in [-0.1, -0.05) is 51.3 Å². The summed E-state index contributed by atoms with van der Waals surface area (Å²) in [4.78, 5) is 34.1. The Hall–Kier alpha value is -1.74. The van der Waals surface area contributed by atoms with Gasteiger partial charge in [0, 0.05) is 37.5 Å². The Bertz CT molecular complexity index is 1240. The molecule has 0 bridgehead atoms. The maximum absolute atomic E-state index is 13.8. The van der Waals surface area contributed by atoms with E-state index in [0.29, 0.717) is 19.3 Å². The van der Waals surface area contributed by atoms with Crippen LogP contribution in [0.25, 0.3) is 0 Å². The molecule has 7 unspecified atom stereocenters. The summed E-state index contributed by atoms with van der Waals surface area (Å²) in [5.41, 5.74) is 0.954. The number of rotatable bonds is 9. The number of likely N-dealkylation sites (tertiary alicyclic amines) is 2. The third-order valence-electron chi connectivity index (χ3n) is 13.0. The van der Waals surface area contributed by atoms with E-state index in [0.717, 1.165) is 83.7 Å². The zero-order valence-electron chi connectivity index (χ0n) is 36.4. The van der Waals surface area contributed by atoms with E-state index in [2.05, 4.69) is 15.9 Å². The first kappa shape index (κ1) is 47.9. The molecule has 0 aromatic carbocycles. The molecule has 5 aliphatic heterocycles. The highest BCUT2D eigenvalue weighted by Gasteiger charge is 2.47. The standard InChI is InChI=1S/C41H71N3O8.C4H8O/c1-8-35-32(26-44-20-13-10-14-21-44)23-27(2)15-16-33(45)28(3)24-31(17-22-43-18-11-9-12-19-43)40(29(4)34(46)25-36(47)51-35)52-41-39(49)37(42(6)7)38(48)30(5)50-41;1-2-4-5-3-1/h15-16,23,28-32,34-35,37-41,46,48-49H,8-14,17-22,24-26H2,1-7H3;1-4H2/b16-15+,27-23+;/t28?,29?,30-,31?,32?,34?,35?,37-,38+,39-,40?,41-;/m0./s1. The van der Waals surface area contributed by atoms with Crippen LogP contribution >= 0.6 is 0 Å². The molecule has 12 heteroatoms. The Morgan fingerprint density at radius 1 is 0.860 bits per heavy atom. The third-order valence-corrected chi connectivity index (χ3v) is 13.0. The van der Waals surface area contributed by atoms with E-state index in [1.54, 1.807) is 32.0 Å². The van der Waals surface area contributed by atoms with Crippen LogP contribution in [0, 0.1) is 23.7 Å². The van der Waals surface area contributed by atoms with Gasteiger partial charge in [-0.05, 0) is 130 Å². The Balaban J connectivity index is 0.00000133. The second-order valence-electron chi connectivity index (χ2n) is 17.9. The highest BCUT2D eigenvalue weighted by atomic mass is 16.7. The lowest BCUT2D eigenvalue weighted by Gasteiger charge is -2.47. The number of carbonyl (C=O) groups is 2. The van der Waals surface area contributed by atoms with Crippen LogP contribution in [0.15, 0.2) is 23.8 Å². The van der Waals surface area contributed by atoms with E-state index < -0.39 is 54.7 Å². The fraction of sp³-hybridized carbons (Fsp3) is 0.867. The predicted octanol–water partition coefficient (Wildman–Crippen LogP) is 4.98. The smallest absolute Gasteiger partial charge is 0.308 e. The zero-order chi connectivity index (χ0) is 41.5. The number of hydrogen-bond donors (Lipinski definition) is 3. The number of ketones is 1. The van der Waals surface area contributed by atoms with Gasteiger partial charge in [-0.25, -0.2) is 0 Å². The Morgan fingerprint density at radius 3 is 2.07 bits per heavy atom. The minimum absolute atomic E-state index is 0.0270. The van der Waals surface area contributed by atoms with Gasteiger partial charge in [0.1, 0.15) is 12.2 Å². The molecule has 0 spiro atoms. The van der Waals surface area contributed by atoms with Gasteiger partial charge in [0.05, 0.1) is 36.9 Å². The number of esters is 1. The van der Waals surface area contributed by atoms with Crippen molar-refractivity contribution in [2.45, 2.75) is 161 Å². The van der Waals surface area contributed by atoms with Crippen molar-refractivity contribution in [1.29, 1.82) is 0 Å². The third kappa shape index (κ3) is 15.0. The normalized spacial score (nSPS) is 38.8. The number of allylic oxidation sites excluding steroid dienone is 3. The van der Waals surface area contributed by atoms with Gasteiger partial charge < -0.3 is 49.0 Å². The molecule has 5 aliphatic rings. The molecule has 57 heavy (non-hydrogen) atoms. The Kier molecular flexibility index (Phi) is 20.6. The molecule has 12 nitrogen and oxygen atoms in total. The molecule has 5 rings (SSSR count). The molecule has 0 aromatic heterocycles. The highest BCUT2D eigenvalue weighted by Crippen LogP contribution is 2.35. The van der Waals surface area contributed by atoms with E-state index in [9.17, 15) is 24.9 Å². The summed E-state index contributed by atoms with van der Waals surface area (Å²) < 4.78 is 24.0. The molecule has 0 radical (unpaired) electrons. The summed E-state index contributed by atoms with van der Waals surface area (Å²) >= 11 is 0. The van der Waals surface area contributed by atoms with Crippen LogP contribution < -0.4 is 0 Å². The number of ether oxygens (including phenoxy) is 4. The molecule has 0 saturated carbocycles. The van der Waals surface area contributed by atoms with E-state index >= 15 is 0 Å². The summed E-state index contributed by atoms with van der Waals surface area (Å²) in [5.74, 6) is -1.58. The van der Waals surface area contributed by atoms with Gasteiger partial charge >= 0.3 is 5.97 Å². The number of hydrogen-bond acceptors (Lipinski definition) is 12. The number of piperidine rings is 2. The van der Waals surface area contributed by atoms with E-state index in [-0.39, 0.29) is 36.1 Å². The van der Waals surface area contributed by atoms with Crippen molar-refractivity contribution in [3.8, 4) is 0 Å². The molecular formula is C45H79N3O9. The van der Waals surface area contributed by atoms with Crippen molar-refractivity contribution in [2.75, 3.05) is 66.6 Å². The highest BCUT2D eigenvalue weighted by molar-refractivity contribution is 5.91. The topological polar surface area (TPSA) is 141 Å². The fourth-order valence-corrected chi connectivity index (χ4v) is 9.34. The largest absolute Gasteiger partial charge is 0.462 e. The minimum atomic E-state index is -1.17. The van der Waals surface area contributed by atoms with Gasteiger partial charge in [0.15, 0.2) is 12.1 Å². The van der Waals surface area contributed by atoms with Crippen molar-refractivity contribution < 1.29 is 43.9 Å². The van der Waals surface area contributed by atoms with Crippen LogP contribution in [-0.4, -0.2) is 157 Å². The molecule has 0 aromatic rings. The number of nitrogens with zero attached hydrogens (tertiary/aromatic N) is 3. The van der Waals surface area contributed by atoms with Crippen molar-refractivity contribution in [3.63, 3.8) is 0 Å².